The molecule has 1 saturated heterocycles. The van der Waals surface area contributed by atoms with Crippen LogP contribution in [-0.4, -0.2) is 36.5 Å². The molecule has 1 atom stereocenters. The van der Waals surface area contributed by atoms with Crippen molar-refractivity contribution < 1.29 is 4.79 Å². The van der Waals surface area contributed by atoms with E-state index in [-0.39, 0.29) is 5.91 Å². The molecule has 1 aliphatic heterocycles. The smallest absolute Gasteiger partial charge is 0.226 e. The van der Waals surface area contributed by atoms with E-state index < -0.39 is 0 Å². The number of hydrogen-bond acceptors (Lipinski definition) is 2. The molecule has 1 heterocycles. The Labute approximate surface area is 86.2 Å². The maximum absolute atomic E-state index is 11.6. The Morgan fingerprint density at radius 2 is 2.50 bits per heavy atom. The van der Waals surface area contributed by atoms with Gasteiger partial charge in [0.1, 0.15) is 0 Å². The normalized spacial score (nSPS) is 20.8. The SMILES string of the molecule is C=CCC(=O)N(CC)CC1CCCN1. The van der Waals surface area contributed by atoms with E-state index >= 15 is 0 Å². The minimum Gasteiger partial charge on any atom is -0.341 e. The third-order valence-electron chi connectivity index (χ3n) is 2.66. The summed E-state index contributed by atoms with van der Waals surface area (Å²) in [6.45, 7) is 8.35. The van der Waals surface area contributed by atoms with Crippen LogP contribution in [0.15, 0.2) is 12.7 Å². The average Bonchev–Trinajstić information content (AvgIpc) is 2.66. The molecule has 0 aromatic carbocycles. The highest BCUT2D eigenvalue weighted by Gasteiger charge is 2.19. The van der Waals surface area contributed by atoms with E-state index in [2.05, 4.69) is 11.9 Å². The molecule has 14 heavy (non-hydrogen) atoms. The fourth-order valence-electron chi connectivity index (χ4n) is 1.84. The lowest BCUT2D eigenvalue weighted by molar-refractivity contribution is -0.130. The number of likely N-dealkylation sites (N-methyl/N-ethyl adjacent to an activating group) is 1. The van der Waals surface area contributed by atoms with Crippen molar-refractivity contribution in [3.63, 3.8) is 0 Å². The summed E-state index contributed by atoms with van der Waals surface area (Å²) in [5.41, 5.74) is 0. The lowest BCUT2D eigenvalue weighted by Crippen LogP contribution is -2.40. The van der Waals surface area contributed by atoms with Crippen molar-refractivity contribution in [3.8, 4) is 0 Å². The molecule has 80 valence electrons. The summed E-state index contributed by atoms with van der Waals surface area (Å²) in [6, 6.07) is 0.503. The molecule has 3 heteroatoms. The number of nitrogens with one attached hydrogen (secondary N) is 1. The Kier molecular flexibility index (Phi) is 4.66. The maximum atomic E-state index is 11.6. The van der Waals surface area contributed by atoms with Gasteiger partial charge in [-0.1, -0.05) is 6.08 Å². The van der Waals surface area contributed by atoms with E-state index in [9.17, 15) is 4.79 Å². The second-order valence-electron chi connectivity index (χ2n) is 3.72. The van der Waals surface area contributed by atoms with E-state index in [4.69, 9.17) is 0 Å². The first-order valence-electron chi connectivity index (χ1n) is 5.40. The molecule has 1 fully saturated rings. The summed E-state index contributed by atoms with van der Waals surface area (Å²) < 4.78 is 0. The van der Waals surface area contributed by atoms with Crippen LogP contribution in [0.1, 0.15) is 26.2 Å². The Hall–Kier alpha value is -0.830. The Morgan fingerprint density at radius 3 is 3.00 bits per heavy atom. The molecule has 0 aliphatic carbocycles. The van der Waals surface area contributed by atoms with Crippen LogP contribution in [-0.2, 0) is 4.79 Å². The van der Waals surface area contributed by atoms with Crippen molar-refractivity contribution in [2.45, 2.75) is 32.2 Å². The molecular weight excluding hydrogens is 176 g/mol. The number of carbonyl (C=O) groups is 1. The van der Waals surface area contributed by atoms with Crippen LogP contribution in [0.3, 0.4) is 0 Å². The summed E-state index contributed by atoms with van der Waals surface area (Å²) in [5.74, 6) is 0.191. The first kappa shape index (κ1) is 11.2. The molecule has 0 aromatic heterocycles. The third-order valence-corrected chi connectivity index (χ3v) is 2.66. The highest BCUT2D eigenvalue weighted by Crippen LogP contribution is 2.07. The lowest BCUT2D eigenvalue weighted by Gasteiger charge is -2.24. The molecule has 1 unspecified atom stereocenters. The van der Waals surface area contributed by atoms with Crippen molar-refractivity contribution in [2.24, 2.45) is 0 Å². The van der Waals surface area contributed by atoms with E-state index in [0.717, 1.165) is 19.6 Å². The van der Waals surface area contributed by atoms with E-state index in [0.29, 0.717) is 12.5 Å². The molecule has 0 bridgehead atoms. The minimum absolute atomic E-state index is 0.191. The molecule has 3 nitrogen and oxygen atoms in total. The summed E-state index contributed by atoms with van der Waals surface area (Å²) in [7, 11) is 0. The average molecular weight is 196 g/mol. The van der Waals surface area contributed by atoms with Crippen molar-refractivity contribution in [2.75, 3.05) is 19.6 Å². The monoisotopic (exact) mass is 196 g/mol. The second-order valence-corrected chi connectivity index (χ2v) is 3.72. The van der Waals surface area contributed by atoms with Crippen molar-refractivity contribution in [1.29, 1.82) is 0 Å². The molecule has 1 amide bonds. The van der Waals surface area contributed by atoms with Gasteiger partial charge in [0.2, 0.25) is 5.91 Å². The fraction of sp³-hybridized carbons (Fsp3) is 0.727. The zero-order chi connectivity index (χ0) is 10.4. The molecular formula is C11H20N2O. The fourth-order valence-corrected chi connectivity index (χ4v) is 1.84. The largest absolute Gasteiger partial charge is 0.341 e. The van der Waals surface area contributed by atoms with Gasteiger partial charge in [-0.25, -0.2) is 0 Å². The van der Waals surface area contributed by atoms with Gasteiger partial charge in [-0.2, -0.15) is 0 Å². The number of nitrogens with zero attached hydrogens (tertiary/aromatic N) is 1. The molecule has 0 saturated carbocycles. The van der Waals surface area contributed by atoms with Crippen LogP contribution < -0.4 is 5.32 Å². The Bertz CT molecular complexity index is 197. The van der Waals surface area contributed by atoms with Crippen LogP contribution >= 0.6 is 0 Å². The maximum Gasteiger partial charge on any atom is 0.226 e. The van der Waals surface area contributed by atoms with Crippen LogP contribution in [0.2, 0.25) is 0 Å². The summed E-state index contributed by atoms with van der Waals surface area (Å²) in [6.07, 6.45) is 4.56. The molecule has 1 N–H and O–H groups in total. The van der Waals surface area contributed by atoms with Gasteiger partial charge in [0.05, 0.1) is 0 Å². The summed E-state index contributed by atoms with van der Waals surface area (Å²) in [5, 5.41) is 3.40. The highest BCUT2D eigenvalue weighted by atomic mass is 16.2. The van der Waals surface area contributed by atoms with Crippen LogP contribution in [0, 0.1) is 0 Å². The van der Waals surface area contributed by atoms with Gasteiger partial charge in [-0.05, 0) is 26.3 Å². The van der Waals surface area contributed by atoms with Crippen molar-refractivity contribution in [3.05, 3.63) is 12.7 Å². The minimum atomic E-state index is 0.191. The topological polar surface area (TPSA) is 32.3 Å². The standard InChI is InChI=1S/C11H20N2O/c1-3-6-11(14)13(4-2)9-10-7-5-8-12-10/h3,10,12H,1,4-9H2,2H3. The second kappa shape index (κ2) is 5.81. The van der Waals surface area contributed by atoms with Gasteiger partial charge >= 0.3 is 0 Å². The van der Waals surface area contributed by atoms with Gasteiger partial charge in [0.15, 0.2) is 0 Å². The van der Waals surface area contributed by atoms with Crippen molar-refractivity contribution in [1.82, 2.24) is 10.2 Å². The van der Waals surface area contributed by atoms with Crippen LogP contribution in [0.25, 0.3) is 0 Å². The first-order valence-corrected chi connectivity index (χ1v) is 5.40. The van der Waals surface area contributed by atoms with Gasteiger partial charge in [-0.3, -0.25) is 4.79 Å². The quantitative estimate of drug-likeness (QED) is 0.669. The predicted molar refractivity (Wildman–Crippen MR) is 58.1 cm³/mol. The Balaban J connectivity index is 2.36. The van der Waals surface area contributed by atoms with Gasteiger partial charge in [0, 0.05) is 25.6 Å². The number of hydrogen-bond donors (Lipinski definition) is 1. The molecule has 0 radical (unpaired) electrons. The lowest BCUT2D eigenvalue weighted by atomic mass is 10.2. The van der Waals surface area contributed by atoms with E-state index in [1.807, 2.05) is 11.8 Å². The van der Waals surface area contributed by atoms with Crippen LogP contribution in [0.4, 0.5) is 0 Å². The molecule has 0 spiro atoms. The zero-order valence-corrected chi connectivity index (χ0v) is 8.96. The molecule has 1 rings (SSSR count). The number of carbonyl (C=O) groups excluding carboxylic acids is 1. The predicted octanol–water partition coefficient (Wildman–Crippen LogP) is 1.16. The summed E-state index contributed by atoms with van der Waals surface area (Å²) in [4.78, 5) is 13.5. The number of amides is 1. The van der Waals surface area contributed by atoms with Gasteiger partial charge < -0.3 is 10.2 Å². The highest BCUT2D eigenvalue weighted by molar-refractivity contribution is 5.77. The first-order chi connectivity index (χ1) is 6.77. The van der Waals surface area contributed by atoms with Crippen LogP contribution in [0.5, 0.6) is 0 Å². The third kappa shape index (κ3) is 3.14. The molecule has 1 aliphatic rings. The molecule has 0 aromatic rings. The van der Waals surface area contributed by atoms with Gasteiger partial charge in [-0.15, -0.1) is 6.58 Å². The number of rotatable bonds is 5. The van der Waals surface area contributed by atoms with Gasteiger partial charge in [0.25, 0.3) is 0 Å². The zero-order valence-electron chi connectivity index (χ0n) is 8.96. The van der Waals surface area contributed by atoms with Crippen molar-refractivity contribution >= 4 is 5.91 Å². The van der Waals surface area contributed by atoms with E-state index in [1.165, 1.54) is 12.8 Å². The Morgan fingerprint density at radius 1 is 1.71 bits per heavy atom. The summed E-state index contributed by atoms with van der Waals surface area (Å²) >= 11 is 0. The van der Waals surface area contributed by atoms with E-state index in [1.54, 1.807) is 6.08 Å².